The van der Waals surface area contributed by atoms with Crippen LogP contribution >= 0.6 is 0 Å². The van der Waals surface area contributed by atoms with Gasteiger partial charge < -0.3 is 16.0 Å². The Balaban J connectivity index is 1.45. The van der Waals surface area contributed by atoms with Crippen molar-refractivity contribution in [3.8, 4) is 0 Å². The molecule has 2 aromatic rings. The summed E-state index contributed by atoms with van der Waals surface area (Å²) in [5.74, 6) is -0.662. The largest absolute Gasteiger partial charge is 0.366 e. The summed E-state index contributed by atoms with van der Waals surface area (Å²) in [5.41, 5.74) is 7.52. The minimum Gasteiger partial charge on any atom is -0.366 e. The first-order valence-corrected chi connectivity index (χ1v) is 9.71. The normalized spacial score (nSPS) is 14.7. The van der Waals surface area contributed by atoms with Gasteiger partial charge in [0.2, 0.25) is 17.7 Å². The quantitative estimate of drug-likeness (QED) is 0.741. The predicted molar refractivity (Wildman–Crippen MR) is 112 cm³/mol. The average Bonchev–Trinajstić information content (AvgIpc) is 2.77. The van der Waals surface area contributed by atoms with E-state index in [1.165, 1.54) is 0 Å². The summed E-state index contributed by atoms with van der Waals surface area (Å²) in [6, 6.07) is 16.6. The molecule has 1 fully saturated rings. The van der Waals surface area contributed by atoms with Gasteiger partial charge in [0.1, 0.15) is 0 Å². The maximum absolute atomic E-state index is 12.5. The lowest BCUT2D eigenvalue weighted by atomic mass is 9.95. The van der Waals surface area contributed by atoms with Crippen LogP contribution in [-0.2, 0) is 16.1 Å². The highest BCUT2D eigenvalue weighted by Gasteiger charge is 2.26. The molecule has 0 radical (unpaired) electrons. The van der Waals surface area contributed by atoms with E-state index in [1.54, 1.807) is 35.3 Å². The second-order valence-corrected chi connectivity index (χ2v) is 7.13. The molecule has 0 aromatic heterocycles. The van der Waals surface area contributed by atoms with Gasteiger partial charge >= 0.3 is 0 Å². The van der Waals surface area contributed by atoms with Crippen LogP contribution in [0.2, 0.25) is 0 Å². The molecular formula is C23H25N3O3. The van der Waals surface area contributed by atoms with Gasteiger partial charge in [-0.15, -0.1) is 0 Å². The molecule has 0 atom stereocenters. The topological polar surface area (TPSA) is 92.5 Å². The van der Waals surface area contributed by atoms with Gasteiger partial charge in [-0.3, -0.25) is 14.4 Å². The smallest absolute Gasteiger partial charge is 0.248 e. The maximum atomic E-state index is 12.5. The average molecular weight is 391 g/mol. The lowest BCUT2D eigenvalue weighted by molar-refractivity contribution is -0.132. The number of benzene rings is 2. The molecule has 3 N–H and O–H groups in total. The van der Waals surface area contributed by atoms with Gasteiger partial charge in [-0.05, 0) is 42.2 Å². The van der Waals surface area contributed by atoms with Crippen molar-refractivity contribution in [2.45, 2.75) is 19.4 Å². The molecule has 29 heavy (non-hydrogen) atoms. The van der Waals surface area contributed by atoms with Gasteiger partial charge in [-0.25, -0.2) is 0 Å². The van der Waals surface area contributed by atoms with Crippen LogP contribution in [0.15, 0.2) is 60.7 Å². The van der Waals surface area contributed by atoms with Gasteiger partial charge in [0.15, 0.2) is 0 Å². The monoisotopic (exact) mass is 391 g/mol. The van der Waals surface area contributed by atoms with Crippen LogP contribution < -0.4 is 11.1 Å². The lowest BCUT2D eigenvalue weighted by Crippen LogP contribution is -2.42. The SMILES string of the molecule is NC(=O)c1cccc(CNC(=O)C2CCN(C(=O)/C=C/c3ccccc3)CC2)c1. The Morgan fingerprint density at radius 1 is 1.03 bits per heavy atom. The van der Waals surface area contributed by atoms with E-state index in [2.05, 4.69) is 5.32 Å². The number of hydrogen-bond donors (Lipinski definition) is 2. The van der Waals surface area contributed by atoms with E-state index in [4.69, 9.17) is 5.73 Å². The standard InChI is InChI=1S/C23H25N3O3/c24-22(28)20-8-4-7-18(15-20)16-25-23(29)19-11-13-26(14-12-19)21(27)10-9-17-5-2-1-3-6-17/h1-10,15,19H,11-14,16H2,(H2,24,28)(H,25,29)/b10-9+. The van der Waals surface area contributed by atoms with Crippen LogP contribution in [0, 0.1) is 5.92 Å². The van der Waals surface area contributed by atoms with Crippen molar-refractivity contribution in [3.05, 3.63) is 77.4 Å². The fraction of sp³-hybridized carbons (Fsp3) is 0.261. The fourth-order valence-electron chi connectivity index (χ4n) is 3.37. The molecule has 2 aromatic carbocycles. The van der Waals surface area contributed by atoms with E-state index in [-0.39, 0.29) is 17.7 Å². The number of nitrogens with one attached hydrogen (secondary N) is 1. The molecule has 3 amide bonds. The number of primary amides is 1. The highest BCUT2D eigenvalue weighted by molar-refractivity contribution is 5.93. The van der Waals surface area contributed by atoms with E-state index in [0.717, 1.165) is 11.1 Å². The summed E-state index contributed by atoms with van der Waals surface area (Å²) in [4.78, 5) is 37.8. The number of piperidine rings is 1. The minimum atomic E-state index is -0.489. The fourth-order valence-corrected chi connectivity index (χ4v) is 3.37. The summed E-state index contributed by atoms with van der Waals surface area (Å²) in [6.45, 7) is 1.47. The van der Waals surface area contributed by atoms with Crippen molar-refractivity contribution < 1.29 is 14.4 Å². The van der Waals surface area contributed by atoms with Gasteiger partial charge in [-0.2, -0.15) is 0 Å². The van der Waals surface area contributed by atoms with Gasteiger partial charge in [0, 0.05) is 37.2 Å². The maximum Gasteiger partial charge on any atom is 0.248 e. The van der Waals surface area contributed by atoms with Crippen LogP contribution in [0.5, 0.6) is 0 Å². The molecule has 1 aliphatic rings. The number of rotatable bonds is 6. The third-order valence-electron chi connectivity index (χ3n) is 5.07. The zero-order valence-corrected chi connectivity index (χ0v) is 16.2. The third-order valence-corrected chi connectivity index (χ3v) is 5.07. The molecule has 150 valence electrons. The van der Waals surface area contributed by atoms with Crippen molar-refractivity contribution in [3.63, 3.8) is 0 Å². The Bertz CT molecular complexity index is 901. The molecule has 0 unspecified atom stereocenters. The van der Waals surface area contributed by atoms with Gasteiger partial charge in [0.05, 0.1) is 0 Å². The first-order chi connectivity index (χ1) is 14.0. The van der Waals surface area contributed by atoms with Gasteiger partial charge in [-0.1, -0.05) is 42.5 Å². The Kier molecular flexibility index (Phi) is 6.79. The molecule has 0 spiro atoms. The third kappa shape index (κ3) is 5.78. The Labute approximate surface area is 170 Å². The number of carbonyl (C=O) groups is 3. The molecule has 1 aliphatic heterocycles. The van der Waals surface area contributed by atoms with Crippen LogP contribution in [0.1, 0.15) is 34.3 Å². The number of likely N-dealkylation sites (tertiary alicyclic amines) is 1. The summed E-state index contributed by atoms with van der Waals surface area (Å²) < 4.78 is 0. The number of nitrogens with zero attached hydrogens (tertiary/aromatic N) is 1. The van der Waals surface area contributed by atoms with Crippen molar-refractivity contribution in [1.82, 2.24) is 10.2 Å². The molecule has 1 heterocycles. The molecule has 0 saturated carbocycles. The lowest BCUT2D eigenvalue weighted by Gasteiger charge is -2.30. The number of carbonyl (C=O) groups excluding carboxylic acids is 3. The van der Waals surface area contributed by atoms with Crippen LogP contribution in [0.3, 0.4) is 0 Å². The van der Waals surface area contributed by atoms with Crippen LogP contribution in [0.25, 0.3) is 6.08 Å². The molecule has 6 heteroatoms. The number of hydrogen-bond acceptors (Lipinski definition) is 3. The summed E-state index contributed by atoms with van der Waals surface area (Å²) in [7, 11) is 0. The number of nitrogens with two attached hydrogens (primary N) is 1. The molecule has 6 nitrogen and oxygen atoms in total. The zero-order chi connectivity index (χ0) is 20.6. The van der Waals surface area contributed by atoms with Gasteiger partial charge in [0.25, 0.3) is 0 Å². The minimum absolute atomic E-state index is 0.0265. The molecular weight excluding hydrogens is 366 g/mol. The summed E-state index contributed by atoms with van der Waals surface area (Å²) in [6.07, 6.45) is 4.67. The Hall–Kier alpha value is -3.41. The zero-order valence-electron chi connectivity index (χ0n) is 16.2. The molecule has 0 aliphatic carbocycles. The van der Waals surface area contributed by atoms with Crippen LogP contribution in [-0.4, -0.2) is 35.7 Å². The molecule has 3 rings (SSSR count). The molecule has 0 bridgehead atoms. The van der Waals surface area contributed by atoms with Crippen molar-refractivity contribution >= 4 is 23.8 Å². The van der Waals surface area contributed by atoms with E-state index in [1.807, 2.05) is 36.4 Å². The molecule has 1 saturated heterocycles. The highest BCUT2D eigenvalue weighted by atomic mass is 16.2. The van der Waals surface area contributed by atoms with Crippen LogP contribution in [0.4, 0.5) is 0 Å². The second kappa shape index (κ2) is 9.68. The second-order valence-electron chi connectivity index (χ2n) is 7.13. The van der Waals surface area contributed by atoms with Crippen molar-refractivity contribution in [1.29, 1.82) is 0 Å². The summed E-state index contributed by atoms with van der Waals surface area (Å²) in [5, 5.41) is 2.92. The summed E-state index contributed by atoms with van der Waals surface area (Å²) >= 11 is 0. The first kappa shape index (κ1) is 20.3. The van der Waals surface area contributed by atoms with Crippen molar-refractivity contribution in [2.24, 2.45) is 11.7 Å². The highest BCUT2D eigenvalue weighted by Crippen LogP contribution is 2.18. The Morgan fingerprint density at radius 3 is 2.45 bits per heavy atom. The van der Waals surface area contributed by atoms with E-state index in [0.29, 0.717) is 38.0 Å². The van der Waals surface area contributed by atoms with E-state index >= 15 is 0 Å². The predicted octanol–water partition coefficient (Wildman–Crippen LogP) is 2.35. The Morgan fingerprint density at radius 2 is 1.76 bits per heavy atom. The van der Waals surface area contributed by atoms with E-state index in [9.17, 15) is 14.4 Å². The number of amides is 3. The first-order valence-electron chi connectivity index (χ1n) is 9.71. The van der Waals surface area contributed by atoms with Crippen molar-refractivity contribution in [2.75, 3.05) is 13.1 Å². The van der Waals surface area contributed by atoms with E-state index < -0.39 is 5.91 Å².